The number of nitrogens with one attached hydrogen (secondary N) is 1. The van der Waals surface area contributed by atoms with Crippen LogP contribution in [-0.2, 0) is 0 Å². The molecule has 2 heterocycles. The lowest BCUT2D eigenvalue weighted by molar-refractivity contribution is 0.102. The summed E-state index contributed by atoms with van der Waals surface area (Å²) in [7, 11) is 0. The zero-order chi connectivity index (χ0) is 15.0. The minimum atomic E-state index is -0.355. The van der Waals surface area contributed by atoms with Crippen LogP contribution in [0, 0.1) is 0 Å². The van der Waals surface area contributed by atoms with Gasteiger partial charge in [0.2, 0.25) is 0 Å². The molecule has 0 saturated heterocycles. The van der Waals surface area contributed by atoms with Crippen molar-refractivity contribution in [1.29, 1.82) is 0 Å². The summed E-state index contributed by atoms with van der Waals surface area (Å²) in [4.78, 5) is 20.3. The molecule has 0 bridgehead atoms. The number of amides is 1. The highest BCUT2D eigenvalue weighted by Crippen LogP contribution is 2.28. The normalized spacial score (nSPS) is 10.8. The van der Waals surface area contributed by atoms with Gasteiger partial charge in [-0.15, -0.1) is 0 Å². The van der Waals surface area contributed by atoms with Crippen molar-refractivity contribution >= 4 is 67.4 Å². The van der Waals surface area contributed by atoms with Gasteiger partial charge < -0.3 is 0 Å². The van der Waals surface area contributed by atoms with Crippen LogP contribution in [0.3, 0.4) is 0 Å². The van der Waals surface area contributed by atoms with E-state index in [1.807, 2.05) is 0 Å². The number of aromatic nitrogens is 2. The van der Waals surface area contributed by atoms with Gasteiger partial charge in [-0.3, -0.25) is 10.1 Å². The van der Waals surface area contributed by atoms with Gasteiger partial charge in [0.15, 0.2) is 5.13 Å². The van der Waals surface area contributed by atoms with Gasteiger partial charge in [0.25, 0.3) is 5.91 Å². The minimum absolute atomic E-state index is 0.155. The van der Waals surface area contributed by atoms with Crippen LogP contribution in [0.5, 0.6) is 0 Å². The van der Waals surface area contributed by atoms with Crippen molar-refractivity contribution in [2.45, 2.75) is 0 Å². The summed E-state index contributed by atoms with van der Waals surface area (Å²) in [5, 5.41) is 4.17. The number of benzene rings is 1. The van der Waals surface area contributed by atoms with Crippen LogP contribution < -0.4 is 5.32 Å². The first kappa shape index (κ1) is 14.5. The predicted octanol–water partition coefficient (Wildman–Crippen LogP) is 4.90. The second-order valence-electron chi connectivity index (χ2n) is 4.08. The highest BCUT2D eigenvalue weighted by atomic mass is 35.5. The van der Waals surface area contributed by atoms with E-state index in [1.165, 1.54) is 23.6 Å². The number of halogens is 3. The second kappa shape index (κ2) is 5.77. The molecule has 0 aliphatic heterocycles. The zero-order valence-electron chi connectivity index (χ0n) is 10.2. The van der Waals surface area contributed by atoms with E-state index in [-0.39, 0.29) is 16.1 Å². The van der Waals surface area contributed by atoms with E-state index >= 15 is 0 Å². The number of pyridine rings is 1. The molecule has 0 aliphatic rings. The first-order valence-electron chi connectivity index (χ1n) is 5.71. The van der Waals surface area contributed by atoms with E-state index in [4.69, 9.17) is 34.8 Å². The second-order valence-corrected chi connectivity index (χ2v) is 6.31. The maximum absolute atomic E-state index is 12.1. The fourth-order valence-electron chi connectivity index (χ4n) is 1.67. The Morgan fingerprint density at radius 1 is 1.19 bits per heavy atom. The summed E-state index contributed by atoms with van der Waals surface area (Å²) in [5.41, 5.74) is 1.08. The van der Waals surface area contributed by atoms with Crippen LogP contribution in [-0.4, -0.2) is 15.9 Å². The Balaban J connectivity index is 1.87. The Kier molecular flexibility index (Phi) is 3.99. The topological polar surface area (TPSA) is 54.9 Å². The molecule has 0 aliphatic carbocycles. The molecule has 1 aromatic carbocycles. The number of carbonyl (C=O) groups is 1. The van der Waals surface area contributed by atoms with Crippen LogP contribution in [0.1, 0.15) is 10.4 Å². The molecule has 0 spiro atoms. The summed E-state index contributed by atoms with van der Waals surface area (Å²) in [6.45, 7) is 0. The van der Waals surface area contributed by atoms with Gasteiger partial charge in [-0.05, 0) is 24.3 Å². The van der Waals surface area contributed by atoms with Gasteiger partial charge in [-0.2, -0.15) is 0 Å². The van der Waals surface area contributed by atoms with E-state index in [2.05, 4.69) is 15.3 Å². The number of hydrogen-bond donors (Lipinski definition) is 1. The van der Waals surface area contributed by atoms with Crippen molar-refractivity contribution in [1.82, 2.24) is 9.97 Å². The quantitative estimate of drug-likeness (QED) is 0.663. The Bertz CT molecular complexity index is 850. The third-order valence-electron chi connectivity index (χ3n) is 2.63. The van der Waals surface area contributed by atoms with Crippen LogP contribution in [0.15, 0.2) is 30.5 Å². The molecule has 0 saturated carbocycles. The monoisotopic (exact) mass is 357 g/mol. The molecule has 1 amide bonds. The fourth-order valence-corrected chi connectivity index (χ4v) is 3.07. The van der Waals surface area contributed by atoms with Gasteiger partial charge in [-0.1, -0.05) is 46.1 Å². The lowest BCUT2D eigenvalue weighted by Gasteiger charge is -2.02. The average molecular weight is 359 g/mol. The van der Waals surface area contributed by atoms with Gasteiger partial charge in [0, 0.05) is 11.2 Å². The smallest absolute Gasteiger partial charge is 0.259 e. The maximum atomic E-state index is 12.1. The van der Waals surface area contributed by atoms with E-state index in [0.29, 0.717) is 15.7 Å². The van der Waals surface area contributed by atoms with Crippen molar-refractivity contribution in [3.63, 3.8) is 0 Å². The SMILES string of the molecule is O=C(Nc1nc2ccc(Cl)cc2s1)c1cnc(Cl)c(Cl)c1. The van der Waals surface area contributed by atoms with Crippen molar-refractivity contribution in [2.24, 2.45) is 0 Å². The number of anilines is 1. The van der Waals surface area contributed by atoms with Gasteiger partial charge in [0.1, 0.15) is 5.15 Å². The maximum Gasteiger partial charge on any atom is 0.259 e. The average Bonchev–Trinajstić information content (AvgIpc) is 2.83. The number of rotatable bonds is 2. The van der Waals surface area contributed by atoms with Crippen molar-refractivity contribution in [2.75, 3.05) is 5.32 Å². The molecule has 21 heavy (non-hydrogen) atoms. The fraction of sp³-hybridized carbons (Fsp3) is 0. The molecular formula is C13H6Cl3N3OS. The molecule has 2 aromatic heterocycles. The Morgan fingerprint density at radius 3 is 2.76 bits per heavy atom. The third-order valence-corrected chi connectivity index (χ3v) is 4.48. The van der Waals surface area contributed by atoms with Crippen molar-refractivity contribution in [3.8, 4) is 0 Å². The lowest BCUT2D eigenvalue weighted by atomic mass is 10.3. The van der Waals surface area contributed by atoms with Gasteiger partial charge in [0.05, 0.1) is 20.8 Å². The summed E-state index contributed by atoms with van der Waals surface area (Å²) in [6.07, 6.45) is 1.35. The lowest BCUT2D eigenvalue weighted by Crippen LogP contribution is -2.12. The molecule has 3 rings (SSSR count). The van der Waals surface area contributed by atoms with E-state index in [0.717, 1.165) is 10.2 Å². The molecule has 0 fully saturated rings. The Hall–Kier alpha value is -1.40. The summed E-state index contributed by atoms with van der Waals surface area (Å²) < 4.78 is 0.894. The molecule has 0 radical (unpaired) electrons. The standard InChI is InChI=1S/C13H6Cl3N3OS/c14-7-1-2-9-10(4-7)21-13(18-9)19-12(20)6-3-8(15)11(16)17-5-6/h1-5H,(H,18,19,20). The molecule has 4 nitrogen and oxygen atoms in total. The Morgan fingerprint density at radius 2 is 2.00 bits per heavy atom. The van der Waals surface area contributed by atoms with E-state index < -0.39 is 0 Å². The third kappa shape index (κ3) is 3.11. The molecule has 8 heteroatoms. The molecule has 1 N–H and O–H groups in total. The van der Waals surface area contributed by atoms with Crippen molar-refractivity contribution in [3.05, 3.63) is 51.2 Å². The van der Waals surface area contributed by atoms with Crippen molar-refractivity contribution < 1.29 is 4.79 Å². The van der Waals surface area contributed by atoms with Crippen LogP contribution in [0.2, 0.25) is 15.2 Å². The predicted molar refractivity (Wildman–Crippen MR) is 86.8 cm³/mol. The summed E-state index contributed by atoms with van der Waals surface area (Å²) in [5.74, 6) is -0.355. The molecule has 3 aromatic rings. The highest BCUT2D eigenvalue weighted by molar-refractivity contribution is 7.22. The zero-order valence-corrected chi connectivity index (χ0v) is 13.3. The molecule has 0 unspecified atom stereocenters. The van der Waals surface area contributed by atoms with E-state index in [1.54, 1.807) is 18.2 Å². The molecular weight excluding hydrogens is 353 g/mol. The summed E-state index contributed by atoms with van der Waals surface area (Å²) in [6, 6.07) is 6.80. The van der Waals surface area contributed by atoms with Gasteiger partial charge in [-0.25, -0.2) is 9.97 Å². The van der Waals surface area contributed by atoms with E-state index in [9.17, 15) is 4.79 Å². The largest absolute Gasteiger partial charge is 0.298 e. The number of carbonyl (C=O) groups excluding carboxylic acids is 1. The summed E-state index contributed by atoms with van der Waals surface area (Å²) >= 11 is 18.8. The number of hydrogen-bond acceptors (Lipinski definition) is 4. The Labute approximate surface area is 138 Å². The first-order valence-corrected chi connectivity index (χ1v) is 7.66. The van der Waals surface area contributed by atoms with Crippen LogP contribution in [0.4, 0.5) is 5.13 Å². The molecule has 106 valence electrons. The minimum Gasteiger partial charge on any atom is -0.298 e. The first-order chi connectivity index (χ1) is 10.0. The van der Waals surface area contributed by atoms with Gasteiger partial charge >= 0.3 is 0 Å². The molecule has 0 atom stereocenters. The number of fused-ring (bicyclic) bond motifs is 1. The van der Waals surface area contributed by atoms with Crippen LogP contribution in [0.25, 0.3) is 10.2 Å². The number of nitrogens with zero attached hydrogens (tertiary/aromatic N) is 2. The number of thiazole rings is 1. The highest BCUT2D eigenvalue weighted by Gasteiger charge is 2.12. The van der Waals surface area contributed by atoms with Crippen LogP contribution >= 0.6 is 46.1 Å².